The molecule has 2 N–H and O–H groups in total. The molecule has 1 saturated heterocycles. The predicted molar refractivity (Wildman–Crippen MR) is 137 cm³/mol. The molecule has 1 fully saturated rings. The summed E-state index contributed by atoms with van der Waals surface area (Å²) in [4.78, 5) is 20.5. The molecule has 6 rings (SSSR count). The molecule has 9 nitrogen and oxygen atoms in total. The third-order valence-electron chi connectivity index (χ3n) is 6.50. The average Bonchev–Trinajstić information content (AvgIpc) is 3.34. The Morgan fingerprint density at radius 2 is 2.00 bits per heavy atom. The first-order valence-corrected chi connectivity index (χ1v) is 11.9. The Balaban J connectivity index is 1.25. The molecule has 1 aliphatic heterocycles. The van der Waals surface area contributed by atoms with Crippen molar-refractivity contribution < 1.29 is 0 Å². The Hall–Kier alpha value is -4.11. The Bertz CT molecular complexity index is 1510. The summed E-state index contributed by atoms with van der Waals surface area (Å²) in [6, 6.07) is 15.1. The summed E-state index contributed by atoms with van der Waals surface area (Å²) >= 11 is 0. The van der Waals surface area contributed by atoms with E-state index < -0.39 is 0 Å². The average molecular weight is 466 g/mol. The molecule has 0 unspecified atom stereocenters. The van der Waals surface area contributed by atoms with E-state index in [0.29, 0.717) is 11.9 Å². The first kappa shape index (κ1) is 21.4. The fourth-order valence-electron chi connectivity index (χ4n) is 4.63. The predicted octanol–water partition coefficient (Wildman–Crippen LogP) is 3.51. The van der Waals surface area contributed by atoms with Crippen molar-refractivity contribution in [2.24, 2.45) is 0 Å². The van der Waals surface area contributed by atoms with Crippen molar-refractivity contribution in [3.05, 3.63) is 78.0 Å². The molecule has 5 heterocycles. The molecule has 176 valence electrons. The van der Waals surface area contributed by atoms with Crippen LogP contribution in [0.25, 0.3) is 16.7 Å². The summed E-state index contributed by atoms with van der Waals surface area (Å²) in [6.07, 6.45) is 5.94. The van der Waals surface area contributed by atoms with Crippen LogP contribution in [0.3, 0.4) is 0 Å². The number of benzene rings is 1. The van der Waals surface area contributed by atoms with Crippen LogP contribution in [0.4, 0.5) is 17.3 Å². The monoisotopic (exact) mass is 465 g/mol. The number of nitrogens with zero attached hydrogens (tertiary/aromatic N) is 7. The zero-order valence-corrected chi connectivity index (χ0v) is 19.8. The summed E-state index contributed by atoms with van der Waals surface area (Å²) in [5, 5.41) is 11.1. The smallest absolute Gasteiger partial charge is 0.160 e. The molecule has 9 heteroatoms. The summed E-state index contributed by atoms with van der Waals surface area (Å²) in [5.41, 5.74) is 7.11. The molecule has 5 aromatic rings. The molecule has 4 aromatic heterocycles. The summed E-state index contributed by atoms with van der Waals surface area (Å²) < 4.78 is 1.78. The lowest BCUT2D eigenvalue weighted by molar-refractivity contribution is 0.482. The molecule has 0 amide bonds. The van der Waals surface area contributed by atoms with Crippen LogP contribution < -0.4 is 15.5 Å². The van der Waals surface area contributed by atoms with Gasteiger partial charge >= 0.3 is 0 Å². The van der Waals surface area contributed by atoms with Crippen LogP contribution in [0, 0.1) is 6.92 Å². The van der Waals surface area contributed by atoms with E-state index in [1.165, 1.54) is 16.7 Å². The van der Waals surface area contributed by atoms with Crippen molar-refractivity contribution in [1.29, 1.82) is 0 Å². The Morgan fingerprint density at radius 3 is 2.89 bits per heavy atom. The van der Waals surface area contributed by atoms with Gasteiger partial charge in [0.15, 0.2) is 11.5 Å². The van der Waals surface area contributed by atoms with Gasteiger partial charge in [-0.1, -0.05) is 6.07 Å². The number of rotatable bonds is 5. The van der Waals surface area contributed by atoms with Crippen molar-refractivity contribution in [1.82, 2.24) is 34.9 Å². The number of pyridine rings is 2. The second-order valence-electron chi connectivity index (χ2n) is 9.10. The zero-order chi connectivity index (χ0) is 23.8. The fraction of sp³-hybridized carbons (Fsp3) is 0.269. The number of hydrogen-bond acceptors (Lipinski definition) is 8. The van der Waals surface area contributed by atoms with Gasteiger partial charge in [0.2, 0.25) is 0 Å². The first-order valence-electron chi connectivity index (χ1n) is 11.9. The molecule has 0 spiro atoms. The van der Waals surface area contributed by atoms with Crippen molar-refractivity contribution in [3.63, 3.8) is 0 Å². The van der Waals surface area contributed by atoms with Crippen LogP contribution in [0.1, 0.15) is 23.6 Å². The lowest BCUT2D eigenvalue weighted by Crippen LogP contribution is -2.49. The minimum absolute atomic E-state index is 0.436. The Morgan fingerprint density at radius 1 is 1.06 bits per heavy atom. The number of piperazine rings is 1. The lowest BCUT2D eigenvalue weighted by atomic mass is 10.0. The minimum Gasteiger partial charge on any atom is -0.354 e. The number of hydrogen-bond donors (Lipinski definition) is 2. The van der Waals surface area contributed by atoms with Gasteiger partial charge in [-0.3, -0.25) is 0 Å². The number of fused-ring (bicyclic) bond motifs is 2. The normalized spacial score (nSPS) is 16.2. The largest absolute Gasteiger partial charge is 0.354 e. The van der Waals surface area contributed by atoms with Crippen molar-refractivity contribution >= 4 is 34.0 Å². The second-order valence-corrected chi connectivity index (χ2v) is 9.10. The van der Waals surface area contributed by atoms with Gasteiger partial charge in [-0.25, -0.2) is 24.5 Å². The standard InChI is InChI=1S/C26H27N9/c1-17-11-21(4-3-20(17)12-19-7-9-35-24(13-19)29-16-31-35)32-26-25-22(28-15-30-26)5-6-23(33-25)34-10-8-27-18(2)14-34/h3-7,9,11,13,15-16,18,27H,8,10,12,14H2,1-2H3,(H,28,30,32)/t18-/m1/s1. The highest BCUT2D eigenvalue weighted by Crippen LogP contribution is 2.26. The van der Waals surface area contributed by atoms with Gasteiger partial charge in [-0.05, 0) is 73.4 Å². The Labute approximate surface area is 203 Å². The van der Waals surface area contributed by atoms with E-state index in [0.717, 1.165) is 54.2 Å². The zero-order valence-electron chi connectivity index (χ0n) is 19.8. The molecule has 1 aliphatic rings. The number of anilines is 3. The van der Waals surface area contributed by atoms with Gasteiger partial charge in [-0.15, -0.1) is 0 Å². The van der Waals surface area contributed by atoms with Gasteiger partial charge < -0.3 is 15.5 Å². The van der Waals surface area contributed by atoms with Crippen molar-refractivity contribution in [2.45, 2.75) is 26.3 Å². The number of aryl methyl sites for hydroxylation is 1. The maximum atomic E-state index is 4.94. The highest BCUT2D eigenvalue weighted by Gasteiger charge is 2.18. The molecule has 35 heavy (non-hydrogen) atoms. The Kier molecular flexibility index (Phi) is 5.46. The van der Waals surface area contributed by atoms with E-state index in [2.05, 4.69) is 79.8 Å². The topological polar surface area (TPSA) is 96.2 Å². The van der Waals surface area contributed by atoms with Crippen LogP contribution >= 0.6 is 0 Å². The number of aromatic nitrogens is 6. The molecule has 0 bridgehead atoms. The third-order valence-corrected chi connectivity index (χ3v) is 6.50. The van der Waals surface area contributed by atoms with Crippen LogP contribution in [0.15, 0.2) is 61.3 Å². The lowest BCUT2D eigenvalue weighted by Gasteiger charge is -2.32. The second kappa shape index (κ2) is 8.92. The van der Waals surface area contributed by atoms with Crippen LogP contribution in [0.2, 0.25) is 0 Å². The minimum atomic E-state index is 0.436. The molecule has 0 aliphatic carbocycles. The van der Waals surface area contributed by atoms with Crippen LogP contribution in [-0.4, -0.2) is 55.2 Å². The summed E-state index contributed by atoms with van der Waals surface area (Å²) in [5.74, 6) is 1.67. The highest BCUT2D eigenvalue weighted by molar-refractivity contribution is 5.88. The van der Waals surface area contributed by atoms with Crippen LogP contribution in [-0.2, 0) is 6.42 Å². The number of nitrogens with one attached hydrogen (secondary N) is 2. The first-order chi connectivity index (χ1) is 17.1. The quantitative estimate of drug-likeness (QED) is 0.407. The molecule has 1 aromatic carbocycles. The highest BCUT2D eigenvalue weighted by atomic mass is 15.3. The SMILES string of the molecule is Cc1cc(Nc2ncnc3ccc(N4CCN[C@H](C)C4)nc23)ccc1Cc1ccn2ncnc2c1. The third kappa shape index (κ3) is 4.38. The van der Waals surface area contributed by atoms with E-state index in [1.807, 2.05) is 18.3 Å². The maximum absolute atomic E-state index is 4.94. The van der Waals surface area contributed by atoms with Gasteiger partial charge in [0.05, 0.1) is 5.52 Å². The fourth-order valence-corrected chi connectivity index (χ4v) is 4.63. The van der Waals surface area contributed by atoms with Gasteiger partial charge in [-0.2, -0.15) is 5.10 Å². The molecular formula is C26H27N9. The van der Waals surface area contributed by atoms with Gasteiger partial charge in [0, 0.05) is 37.6 Å². The molecule has 0 saturated carbocycles. The maximum Gasteiger partial charge on any atom is 0.160 e. The van der Waals surface area contributed by atoms with E-state index in [-0.39, 0.29) is 0 Å². The summed E-state index contributed by atoms with van der Waals surface area (Å²) in [7, 11) is 0. The van der Waals surface area contributed by atoms with Gasteiger partial charge in [0.25, 0.3) is 0 Å². The summed E-state index contributed by atoms with van der Waals surface area (Å²) in [6.45, 7) is 7.15. The molecular weight excluding hydrogens is 438 g/mol. The van der Waals surface area contributed by atoms with Crippen molar-refractivity contribution in [3.8, 4) is 0 Å². The van der Waals surface area contributed by atoms with Crippen molar-refractivity contribution in [2.75, 3.05) is 29.9 Å². The van der Waals surface area contributed by atoms with Crippen LogP contribution in [0.5, 0.6) is 0 Å². The van der Waals surface area contributed by atoms with E-state index >= 15 is 0 Å². The van der Waals surface area contributed by atoms with E-state index in [1.54, 1.807) is 17.2 Å². The molecule has 0 radical (unpaired) electrons. The van der Waals surface area contributed by atoms with E-state index in [4.69, 9.17) is 4.98 Å². The van der Waals surface area contributed by atoms with Gasteiger partial charge in [0.1, 0.15) is 24.0 Å². The molecule has 1 atom stereocenters. The van der Waals surface area contributed by atoms with E-state index in [9.17, 15) is 0 Å².